The molecule has 0 saturated heterocycles. The van der Waals surface area contributed by atoms with E-state index in [1.807, 2.05) is 0 Å². The lowest BCUT2D eigenvalue weighted by Gasteiger charge is -2.02. The molecule has 0 aliphatic carbocycles. The van der Waals surface area contributed by atoms with Gasteiger partial charge in [-0.2, -0.15) is 5.10 Å². The molecule has 0 aromatic heterocycles. The number of benzene rings is 2. The number of nitrogens with zero attached hydrogens (tertiary/aromatic N) is 1. The molecule has 0 aliphatic rings. The highest BCUT2D eigenvalue weighted by atomic mass is 79.9. The molecule has 0 atom stereocenters. The lowest BCUT2D eigenvalue weighted by atomic mass is 10.2. The number of amides is 1. The fourth-order valence-electron chi connectivity index (χ4n) is 1.58. The number of carbonyl (C=O) groups is 1. The Bertz CT molecular complexity index is 672. The minimum absolute atomic E-state index is 0.277. The Kier molecular flexibility index (Phi) is 5.05. The summed E-state index contributed by atoms with van der Waals surface area (Å²) in [4.78, 5) is 11.8. The van der Waals surface area contributed by atoms with E-state index in [1.165, 1.54) is 12.3 Å². The summed E-state index contributed by atoms with van der Waals surface area (Å²) >= 11 is 3.24. The zero-order chi connectivity index (χ0) is 15.2. The first-order valence-electron chi connectivity index (χ1n) is 6.02. The molecule has 6 heteroatoms. The fraction of sp³-hybridized carbons (Fsp3) is 0.0667. The van der Waals surface area contributed by atoms with Crippen LogP contribution in [0.25, 0.3) is 0 Å². The highest BCUT2D eigenvalue weighted by Crippen LogP contribution is 2.14. The molecule has 0 bridgehead atoms. The van der Waals surface area contributed by atoms with E-state index in [0.29, 0.717) is 11.3 Å². The van der Waals surface area contributed by atoms with Crippen LogP contribution in [0.4, 0.5) is 4.39 Å². The van der Waals surface area contributed by atoms with Crippen molar-refractivity contribution in [2.45, 2.75) is 0 Å². The second-order valence-electron chi connectivity index (χ2n) is 4.09. The molecule has 0 heterocycles. The van der Waals surface area contributed by atoms with Crippen LogP contribution in [0.5, 0.6) is 5.75 Å². The quantitative estimate of drug-likeness (QED) is 0.678. The molecule has 0 fully saturated rings. The van der Waals surface area contributed by atoms with Crippen molar-refractivity contribution in [1.29, 1.82) is 0 Å². The second-order valence-corrected chi connectivity index (χ2v) is 5.01. The SMILES string of the molecule is COc1ccc(C(=O)N/N=C/c2cc(Br)ccc2F)cc1. The maximum atomic E-state index is 13.5. The Morgan fingerprint density at radius 2 is 2.00 bits per heavy atom. The van der Waals surface area contributed by atoms with E-state index in [2.05, 4.69) is 26.5 Å². The number of carbonyl (C=O) groups excluding carboxylic acids is 1. The number of halogens is 2. The van der Waals surface area contributed by atoms with E-state index in [9.17, 15) is 9.18 Å². The van der Waals surface area contributed by atoms with Crippen LogP contribution in [0.1, 0.15) is 15.9 Å². The van der Waals surface area contributed by atoms with Crippen molar-refractivity contribution >= 4 is 28.1 Å². The summed E-state index contributed by atoms with van der Waals surface area (Å²) in [6.07, 6.45) is 1.25. The predicted octanol–water partition coefficient (Wildman–Crippen LogP) is 3.36. The van der Waals surface area contributed by atoms with E-state index >= 15 is 0 Å². The highest BCUT2D eigenvalue weighted by molar-refractivity contribution is 9.10. The third-order valence-electron chi connectivity index (χ3n) is 2.68. The van der Waals surface area contributed by atoms with Gasteiger partial charge in [0.05, 0.1) is 13.3 Å². The van der Waals surface area contributed by atoms with Gasteiger partial charge >= 0.3 is 0 Å². The van der Waals surface area contributed by atoms with Gasteiger partial charge in [-0.05, 0) is 42.5 Å². The molecule has 2 rings (SSSR count). The van der Waals surface area contributed by atoms with Crippen LogP contribution in [-0.2, 0) is 0 Å². The first kappa shape index (κ1) is 15.2. The molecule has 0 radical (unpaired) electrons. The topological polar surface area (TPSA) is 50.7 Å². The van der Waals surface area contributed by atoms with Crippen LogP contribution < -0.4 is 10.2 Å². The van der Waals surface area contributed by atoms with Crippen LogP contribution in [0.15, 0.2) is 52.0 Å². The molecule has 0 aliphatic heterocycles. The number of rotatable bonds is 4. The Morgan fingerprint density at radius 3 is 2.67 bits per heavy atom. The molecular weight excluding hydrogens is 339 g/mol. The van der Waals surface area contributed by atoms with E-state index < -0.39 is 5.82 Å². The molecule has 1 N–H and O–H groups in total. The van der Waals surface area contributed by atoms with E-state index in [4.69, 9.17) is 4.74 Å². The first-order chi connectivity index (χ1) is 10.1. The largest absolute Gasteiger partial charge is 0.497 e. The van der Waals surface area contributed by atoms with Crippen molar-refractivity contribution in [3.05, 3.63) is 63.9 Å². The monoisotopic (exact) mass is 350 g/mol. The van der Waals surface area contributed by atoms with Gasteiger partial charge in [0.1, 0.15) is 11.6 Å². The van der Waals surface area contributed by atoms with Crippen LogP contribution >= 0.6 is 15.9 Å². The van der Waals surface area contributed by atoms with Crippen molar-refractivity contribution in [1.82, 2.24) is 5.43 Å². The van der Waals surface area contributed by atoms with Crippen molar-refractivity contribution < 1.29 is 13.9 Å². The van der Waals surface area contributed by atoms with Gasteiger partial charge in [-0.3, -0.25) is 4.79 Å². The minimum Gasteiger partial charge on any atom is -0.497 e. The van der Waals surface area contributed by atoms with Crippen molar-refractivity contribution in [3.63, 3.8) is 0 Å². The molecule has 0 saturated carbocycles. The average molecular weight is 351 g/mol. The van der Waals surface area contributed by atoms with Gasteiger partial charge in [0.2, 0.25) is 0 Å². The molecule has 108 valence electrons. The molecule has 21 heavy (non-hydrogen) atoms. The number of hydrazone groups is 1. The first-order valence-corrected chi connectivity index (χ1v) is 6.82. The predicted molar refractivity (Wildman–Crippen MR) is 82.2 cm³/mol. The molecule has 4 nitrogen and oxygen atoms in total. The summed E-state index contributed by atoms with van der Waals surface area (Å²) in [5.74, 6) is -0.142. The minimum atomic E-state index is -0.416. The van der Waals surface area contributed by atoms with Gasteiger partial charge in [0.15, 0.2) is 0 Å². The third kappa shape index (κ3) is 4.13. The van der Waals surface area contributed by atoms with Gasteiger partial charge in [-0.25, -0.2) is 9.82 Å². The van der Waals surface area contributed by atoms with Gasteiger partial charge in [-0.1, -0.05) is 15.9 Å². The molecule has 0 unspecified atom stereocenters. The Hall–Kier alpha value is -2.21. The van der Waals surface area contributed by atoms with Crippen LogP contribution in [-0.4, -0.2) is 19.2 Å². The van der Waals surface area contributed by atoms with E-state index in [0.717, 1.165) is 4.47 Å². The zero-order valence-corrected chi connectivity index (χ0v) is 12.7. The van der Waals surface area contributed by atoms with E-state index in [-0.39, 0.29) is 11.5 Å². The maximum absolute atomic E-state index is 13.5. The Morgan fingerprint density at radius 1 is 1.29 bits per heavy atom. The Labute approximate surface area is 129 Å². The molecule has 1 amide bonds. The molecular formula is C15H12BrFN2O2. The van der Waals surface area contributed by atoms with Crippen LogP contribution in [0.3, 0.4) is 0 Å². The molecule has 2 aromatic rings. The molecule has 2 aromatic carbocycles. The van der Waals surface area contributed by atoms with Gasteiger partial charge < -0.3 is 4.74 Å². The second kappa shape index (κ2) is 6.99. The third-order valence-corrected chi connectivity index (χ3v) is 3.17. The van der Waals surface area contributed by atoms with E-state index in [1.54, 1.807) is 43.5 Å². The highest BCUT2D eigenvalue weighted by Gasteiger charge is 2.04. The number of methoxy groups -OCH3 is 1. The normalized spacial score (nSPS) is 10.6. The summed E-state index contributed by atoms with van der Waals surface area (Å²) in [7, 11) is 1.55. The van der Waals surface area contributed by atoms with Crippen molar-refractivity contribution in [2.75, 3.05) is 7.11 Å². The van der Waals surface area contributed by atoms with Gasteiger partial charge in [0.25, 0.3) is 5.91 Å². The average Bonchev–Trinajstić information content (AvgIpc) is 2.50. The van der Waals surface area contributed by atoms with Crippen LogP contribution in [0, 0.1) is 5.82 Å². The summed E-state index contributed by atoms with van der Waals surface area (Å²) in [6, 6.07) is 11.0. The maximum Gasteiger partial charge on any atom is 0.271 e. The van der Waals surface area contributed by atoms with Gasteiger partial charge in [0, 0.05) is 15.6 Å². The lowest BCUT2D eigenvalue weighted by molar-refractivity contribution is 0.0955. The standard InChI is InChI=1S/C15H12BrFN2O2/c1-21-13-5-2-10(3-6-13)15(20)19-18-9-11-8-12(16)4-7-14(11)17/h2-9H,1H3,(H,19,20)/b18-9+. The molecule has 0 spiro atoms. The zero-order valence-electron chi connectivity index (χ0n) is 11.1. The number of ether oxygens (including phenoxy) is 1. The number of hydrogen-bond donors (Lipinski definition) is 1. The summed E-state index contributed by atoms with van der Waals surface area (Å²) in [5.41, 5.74) is 3.05. The van der Waals surface area contributed by atoms with Crippen molar-refractivity contribution in [3.8, 4) is 5.75 Å². The number of hydrogen-bond acceptors (Lipinski definition) is 3. The summed E-state index contributed by atoms with van der Waals surface area (Å²) in [5, 5.41) is 3.75. The number of nitrogens with one attached hydrogen (secondary N) is 1. The van der Waals surface area contributed by atoms with Crippen LogP contribution in [0.2, 0.25) is 0 Å². The van der Waals surface area contributed by atoms with Crippen molar-refractivity contribution in [2.24, 2.45) is 5.10 Å². The summed E-state index contributed by atoms with van der Waals surface area (Å²) in [6.45, 7) is 0. The lowest BCUT2D eigenvalue weighted by Crippen LogP contribution is -2.17. The van der Waals surface area contributed by atoms with Gasteiger partial charge in [-0.15, -0.1) is 0 Å². The fourth-order valence-corrected chi connectivity index (χ4v) is 1.96. The summed E-state index contributed by atoms with van der Waals surface area (Å²) < 4.78 is 19.2. The Balaban J connectivity index is 2.02. The smallest absolute Gasteiger partial charge is 0.271 e.